The predicted octanol–water partition coefficient (Wildman–Crippen LogP) is 0.362. The number of halogens is 1. The number of nitrogens with two attached hydrogens (primary N) is 1. The number of hydrogen-bond donors (Lipinski definition) is 1. The van der Waals surface area contributed by atoms with Crippen molar-refractivity contribution in [3.63, 3.8) is 0 Å². The molecule has 0 heterocycles. The highest BCUT2D eigenvalue weighted by molar-refractivity contribution is 6.15. The Morgan fingerprint density at radius 2 is 1.60 bits per heavy atom. The fourth-order valence-corrected chi connectivity index (χ4v) is 0. The summed E-state index contributed by atoms with van der Waals surface area (Å²) in [5.41, 5.74) is 0. The molecular weight excluding hydrogens is 89.5 g/mol. The van der Waals surface area contributed by atoms with Gasteiger partial charge in [0.05, 0.1) is 7.11 Å². The van der Waals surface area contributed by atoms with Crippen molar-refractivity contribution in [2.75, 3.05) is 13.5 Å². The topological polar surface area (TPSA) is 35.2 Å². The maximum absolute atomic E-state index is 4.64. The fourth-order valence-electron chi connectivity index (χ4n) is 0. The lowest BCUT2D eigenvalue weighted by Crippen LogP contribution is -1.86. The van der Waals surface area contributed by atoms with Crippen LogP contribution < -0.4 is 5.90 Å². The maximum atomic E-state index is 4.64. The largest absolute Gasteiger partial charge is 0.308 e. The zero-order valence-corrected chi connectivity index (χ0v) is 4.12. The van der Waals surface area contributed by atoms with Crippen LogP contribution in [0.25, 0.3) is 0 Å². The van der Waals surface area contributed by atoms with Gasteiger partial charge in [0, 0.05) is 6.38 Å². The predicted molar refractivity (Wildman–Crippen MR) is 23.0 cm³/mol. The lowest BCUT2D eigenvalue weighted by molar-refractivity contribution is 0.206. The van der Waals surface area contributed by atoms with Gasteiger partial charge < -0.3 is 4.84 Å². The molecule has 0 aliphatic heterocycles. The highest BCUT2D eigenvalue weighted by atomic mass is 35.5. The second-order valence-corrected chi connectivity index (χ2v) is 0.236. The maximum Gasteiger partial charge on any atom is 0.0569 e. The molecular formula is C2H8ClNO. The van der Waals surface area contributed by atoms with Crippen LogP contribution in [0.3, 0.4) is 0 Å². The van der Waals surface area contributed by atoms with Gasteiger partial charge in [-0.05, 0) is 0 Å². The molecule has 0 bridgehead atoms. The first kappa shape index (κ1) is 8.96. The summed E-state index contributed by atoms with van der Waals surface area (Å²) in [4.78, 5) is 3.75. The van der Waals surface area contributed by atoms with Gasteiger partial charge in [-0.25, -0.2) is 5.90 Å². The summed E-state index contributed by atoms with van der Waals surface area (Å²) in [5.74, 6) is 4.35. The zero-order chi connectivity index (χ0) is 4.71. The number of rotatable bonds is 0. The molecule has 5 heavy (non-hydrogen) atoms. The van der Waals surface area contributed by atoms with Crippen molar-refractivity contribution >= 4 is 11.6 Å². The minimum atomic E-state index is 1.40. The summed E-state index contributed by atoms with van der Waals surface area (Å²) in [7, 11) is 1.40. The first-order valence-corrected chi connectivity index (χ1v) is 1.78. The molecule has 0 aromatic carbocycles. The lowest BCUT2D eigenvalue weighted by atomic mass is 11.7. The highest BCUT2D eigenvalue weighted by Gasteiger charge is 1.23. The first-order chi connectivity index (χ1) is 2.41. The monoisotopic (exact) mass is 97.0 g/mol. The second kappa shape index (κ2) is 29.6. The molecule has 0 saturated heterocycles. The molecule has 0 spiro atoms. The van der Waals surface area contributed by atoms with Crippen LogP contribution in [-0.4, -0.2) is 13.5 Å². The first-order valence-electron chi connectivity index (χ1n) is 1.02. The van der Waals surface area contributed by atoms with Crippen molar-refractivity contribution in [2.45, 2.75) is 0 Å². The standard InChI is InChI=1S/CH3Cl.CH5NO/c1-2;1-3-2/h1H3;2H2,1H3. The van der Waals surface area contributed by atoms with E-state index < -0.39 is 0 Å². The van der Waals surface area contributed by atoms with E-state index in [-0.39, 0.29) is 0 Å². The Morgan fingerprint density at radius 3 is 1.60 bits per heavy atom. The summed E-state index contributed by atoms with van der Waals surface area (Å²) < 4.78 is 0. The van der Waals surface area contributed by atoms with Crippen LogP contribution in [0.1, 0.15) is 0 Å². The van der Waals surface area contributed by atoms with Crippen LogP contribution in [0.5, 0.6) is 0 Å². The van der Waals surface area contributed by atoms with Gasteiger partial charge in [0.15, 0.2) is 0 Å². The third kappa shape index (κ3) is 466. The average molecular weight is 97.5 g/mol. The van der Waals surface area contributed by atoms with E-state index in [2.05, 4.69) is 22.3 Å². The molecule has 0 aliphatic carbocycles. The Bertz CT molecular complexity index is 9.61. The van der Waals surface area contributed by atoms with Crippen LogP contribution in [0.15, 0.2) is 0 Å². The Morgan fingerprint density at radius 1 is 1.60 bits per heavy atom. The van der Waals surface area contributed by atoms with Gasteiger partial charge in [-0.3, -0.25) is 0 Å². The van der Waals surface area contributed by atoms with Crippen molar-refractivity contribution in [1.29, 1.82) is 0 Å². The Hall–Kier alpha value is 0.210. The minimum Gasteiger partial charge on any atom is -0.308 e. The summed E-state index contributed by atoms with van der Waals surface area (Å²) in [5, 5.41) is 0. The molecule has 2 N–H and O–H groups in total. The van der Waals surface area contributed by atoms with E-state index in [1.807, 2.05) is 0 Å². The lowest BCUT2D eigenvalue weighted by Gasteiger charge is -1.62. The zero-order valence-electron chi connectivity index (χ0n) is 3.36. The van der Waals surface area contributed by atoms with E-state index >= 15 is 0 Å². The average Bonchev–Trinajstić information content (AvgIpc) is 1.46. The van der Waals surface area contributed by atoms with Gasteiger partial charge in [-0.1, -0.05) is 0 Å². The Kier molecular flexibility index (Phi) is 53.1. The minimum absolute atomic E-state index is 1.40. The summed E-state index contributed by atoms with van der Waals surface area (Å²) in [6, 6.07) is 0. The molecule has 0 aromatic rings. The highest BCUT2D eigenvalue weighted by Crippen LogP contribution is 1.34. The van der Waals surface area contributed by atoms with Crippen molar-refractivity contribution < 1.29 is 4.84 Å². The SMILES string of the molecule is CCl.CON. The van der Waals surface area contributed by atoms with Crippen LogP contribution in [0.4, 0.5) is 0 Å². The molecule has 0 radical (unpaired) electrons. The van der Waals surface area contributed by atoms with Crippen molar-refractivity contribution in [3.05, 3.63) is 0 Å². The summed E-state index contributed by atoms with van der Waals surface area (Å²) >= 11 is 4.64. The van der Waals surface area contributed by atoms with Gasteiger partial charge in [0.1, 0.15) is 0 Å². The summed E-state index contributed by atoms with van der Waals surface area (Å²) in [6.45, 7) is 0. The molecule has 3 heteroatoms. The van der Waals surface area contributed by atoms with Crippen molar-refractivity contribution in [3.8, 4) is 0 Å². The van der Waals surface area contributed by atoms with E-state index in [0.717, 1.165) is 0 Å². The Labute approximate surface area is 36.8 Å². The van der Waals surface area contributed by atoms with Gasteiger partial charge in [-0.2, -0.15) is 0 Å². The van der Waals surface area contributed by atoms with Crippen LogP contribution in [-0.2, 0) is 4.84 Å². The van der Waals surface area contributed by atoms with Crippen LogP contribution in [0, 0.1) is 0 Å². The smallest absolute Gasteiger partial charge is 0.0569 e. The van der Waals surface area contributed by atoms with Gasteiger partial charge >= 0.3 is 0 Å². The van der Waals surface area contributed by atoms with E-state index in [1.54, 1.807) is 0 Å². The third-order valence-corrected chi connectivity index (χ3v) is 0. The molecule has 0 saturated carbocycles. The number of alkyl halides is 1. The van der Waals surface area contributed by atoms with Gasteiger partial charge in [-0.15, -0.1) is 11.6 Å². The van der Waals surface area contributed by atoms with Crippen LogP contribution in [0.2, 0.25) is 0 Å². The van der Waals surface area contributed by atoms with Crippen molar-refractivity contribution in [1.82, 2.24) is 0 Å². The van der Waals surface area contributed by atoms with E-state index in [0.29, 0.717) is 0 Å². The molecule has 0 aromatic heterocycles. The fraction of sp³-hybridized carbons (Fsp3) is 1.00. The molecule has 0 rings (SSSR count). The normalized spacial score (nSPS) is 4.80. The third-order valence-electron chi connectivity index (χ3n) is 0. The van der Waals surface area contributed by atoms with Crippen molar-refractivity contribution in [2.24, 2.45) is 5.90 Å². The number of hydrogen-bond acceptors (Lipinski definition) is 2. The summed E-state index contributed by atoms with van der Waals surface area (Å²) in [6.07, 6.45) is 1.47. The molecule has 2 nitrogen and oxygen atoms in total. The second-order valence-electron chi connectivity index (χ2n) is 0.236. The molecule has 0 unspecified atom stereocenters. The molecule has 0 aliphatic rings. The quantitative estimate of drug-likeness (QED) is 0.350. The Balaban J connectivity index is 0. The molecule has 34 valence electrons. The van der Waals surface area contributed by atoms with E-state index in [1.165, 1.54) is 13.5 Å². The van der Waals surface area contributed by atoms with Crippen LogP contribution >= 0.6 is 11.6 Å². The van der Waals surface area contributed by atoms with E-state index in [4.69, 9.17) is 0 Å². The van der Waals surface area contributed by atoms with Gasteiger partial charge in [0.2, 0.25) is 0 Å². The molecule has 0 atom stereocenters. The molecule has 0 amide bonds. The molecule has 0 fully saturated rings. The van der Waals surface area contributed by atoms with E-state index in [9.17, 15) is 0 Å². The van der Waals surface area contributed by atoms with Gasteiger partial charge in [0.25, 0.3) is 0 Å².